The SMILES string of the molecule is COc1ccc(NC=C2C(=O)Nc3ccc(Cl)cc32)cc1OC. The number of benzene rings is 2. The quantitative estimate of drug-likeness (QED) is 0.838. The summed E-state index contributed by atoms with van der Waals surface area (Å²) in [5, 5.41) is 6.48. The first-order valence-electron chi connectivity index (χ1n) is 6.92. The highest BCUT2D eigenvalue weighted by molar-refractivity contribution is 6.34. The van der Waals surface area contributed by atoms with Crippen molar-refractivity contribution in [3.05, 3.63) is 53.2 Å². The van der Waals surface area contributed by atoms with Crippen LogP contribution in [0.5, 0.6) is 11.5 Å². The maximum absolute atomic E-state index is 12.1. The molecule has 0 aliphatic carbocycles. The lowest BCUT2D eigenvalue weighted by molar-refractivity contribution is -0.110. The van der Waals surface area contributed by atoms with E-state index in [9.17, 15) is 4.79 Å². The van der Waals surface area contributed by atoms with Gasteiger partial charge in [0, 0.05) is 34.2 Å². The van der Waals surface area contributed by atoms with E-state index in [1.165, 1.54) is 0 Å². The molecule has 5 nitrogen and oxygen atoms in total. The van der Waals surface area contributed by atoms with Gasteiger partial charge in [-0.25, -0.2) is 0 Å². The summed E-state index contributed by atoms with van der Waals surface area (Å²) in [6, 6.07) is 10.7. The fraction of sp³-hybridized carbons (Fsp3) is 0.118. The molecule has 3 rings (SSSR count). The molecule has 0 unspecified atom stereocenters. The molecule has 0 bridgehead atoms. The first-order valence-corrected chi connectivity index (χ1v) is 7.30. The zero-order valence-corrected chi connectivity index (χ0v) is 13.4. The van der Waals surface area contributed by atoms with Gasteiger partial charge in [-0.05, 0) is 30.3 Å². The summed E-state index contributed by atoms with van der Waals surface area (Å²) in [4.78, 5) is 12.1. The maximum atomic E-state index is 12.1. The molecule has 2 aromatic carbocycles. The van der Waals surface area contributed by atoms with Crippen molar-refractivity contribution >= 4 is 34.5 Å². The Morgan fingerprint density at radius 1 is 1.09 bits per heavy atom. The summed E-state index contributed by atoms with van der Waals surface area (Å²) in [5.74, 6) is 1.08. The van der Waals surface area contributed by atoms with Gasteiger partial charge in [0.1, 0.15) is 0 Å². The molecule has 0 aromatic heterocycles. The van der Waals surface area contributed by atoms with Crippen molar-refractivity contribution in [2.24, 2.45) is 0 Å². The van der Waals surface area contributed by atoms with Crippen LogP contribution in [-0.2, 0) is 4.79 Å². The predicted octanol–water partition coefficient (Wildman–Crippen LogP) is 3.76. The number of amides is 1. The lowest BCUT2D eigenvalue weighted by Crippen LogP contribution is -2.05. The summed E-state index contributed by atoms with van der Waals surface area (Å²) >= 11 is 6.01. The van der Waals surface area contributed by atoms with E-state index in [0.29, 0.717) is 22.1 Å². The van der Waals surface area contributed by atoms with Gasteiger partial charge in [0.25, 0.3) is 5.91 Å². The number of carbonyl (C=O) groups is 1. The lowest BCUT2D eigenvalue weighted by Gasteiger charge is -2.09. The minimum absolute atomic E-state index is 0.171. The number of ether oxygens (including phenoxy) is 2. The van der Waals surface area contributed by atoms with Gasteiger partial charge in [-0.1, -0.05) is 11.6 Å². The second-order valence-electron chi connectivity index (χ2n) is 4.92. The van der Waals surface area contributed by atoms with Crippen molar-refractivity contribution in [1.29, 1.82) is 0 Å². The van der Waals surface area contributed by atoms with Crippen LogP contribution in [0.1, 0.15) is 5.56 Å². The number of hydrogen-bond donors (Lipinski definition) is 2. The van der Waals surface area contributed by atoms with Gasteiger partial charge in [-0.3, -0.25) is 4.79 Å². The third-order valence-electron chi connectivity index (χ3n) is 3.53. The number of rotatable bonds is 4. The van der Waals surface area contributed by atoms with Gasteiger partial charge in [-0.2, -0.15) is 0 Å². The molecule has 23 heavy (non-hydrogen) atoms. The first kappa shape index (κ1) is 15.2. The normalized spacial score (nSPS) is 14.4. The molecule has 0 spiro atoms. The smallest absolute Gasteiger partial charge is 0.257 e. The van der Waals surface area contributed by atoms with Crippen LogP contribution in [0.2, 0.25) is 5.02 Å². The average molecular weight is 331 g/mol. The number of carbonyl (C=O) groups excluding carboxylic acids is 1. The van der Waals surface area contributed by atoms with E-state index in [1.54, 1.807) is 50.8 Å². The molecule has 6 heteroatoms. The van der Waals surface area contributed by atoms with Crippen LogP contribution in [0.25, 0.3) is 5.57 Å². The van der Waals surface area contributed by atoms with Gasteiger partial charge in [0.2, 0.25) is 0 Å². The van der Waals surface area contributed by atoms with Gasteiger partial charge >= 0.3 is 0 Å². The Kier molecular flexibility index (Phi) is 4.12. The highest BCUT2D eigenvalue weighted by Crippen LogP contribution is 2.34. The third kappa shape index (κ3) is 2.96. The Hall–Kier alpha value is -2.66. The minimum Gasteiger partial charge on any atom is -0.493 e. The third-order valence-corrected chi connectivity index (χ3v) is 3.77. The standard InChI is InChI=1S/C17H15ClN2O3/c1-22-15-6-4-11(8-16(15)23-2)19-9-13-12-7-10(18)3-5-14(12)20-17(13)21/h3-9,19H,1-2H3,(H,20,21). The summed E-state index contributed by atoms with van der Waals surface area (Å²) < 4.78 is 10.5. The molecular formula is C17H15ClN2O3. The highest BCUT2D eigenvalue weighted by atomic mass is 35.5. The van der Waals surface area contributed by atoms with Crippen molar-refractivity contribution < 1.29 is 14.3 Å². The number of hydrogen-bond acceptors (Lipinski definition) is 4. The number of fused-ring (bicyclic) bond motifs is 1. The molecule has 0 saturated carbocycles. The van der Waals surface area contributed by atoms with Crippen LogP contribution >= 0.6 is 11.6 Å². The zero-order chi connectivity index (χ0) is 16.4. The molecule has 0 fully saturated rings. The van der Waals surface area contributed by atoms with E-state index in [-0.39, 0.29) is 5.91 Å². The van der Waals surface area contributed by atoms with Crippen LogP contribution < -0.4 is 20.1 Å². The molecular weight excluding hydrogens is 316 g/mol. The van der Waals surface area contributed by atoms with Crippen LogP contribution in [0, 0.1) is 0 Å². The number of halogens is 1. The monoisotopic (exact) mass is 330 g/mol. The van der Waals surface area contributed by atoms with E-state index in [4.69, 9.17) is 21.1 Å². The molecule has 1 heterocycles. The average Bonchev–Trinajstić information content (AvgIpc) is 2.87. The molecule has 2 N–H and O–H groups in total. The van der Waals surface area contributed by atoms with E-state index in [2.05, 4.69) is 10.6 Å². The number of anilines is 2. The highest BCUT2D eigenvalue weighted by Gasteiger charge is 2.24. The molecule has 1 amide bonds. The van der Waals surface area contributed by atoms with Gasteiger partial charge < -0.3 is 20.1 Å². The number of methoxy groups -OCH3 is 2. The Morgan fingerprint density at radius 2 is 1.87 bits per heavy atom. The predicted molar refractivity (Wildman–Crippen MR) is 91.2 cm³/mol. The molecule has 0 saturated heterocycles. The fourth-order valence-electron chi connectivity index (χ4n) is 2.39. The molecule has 1 aliphatic heterocycles. The van der Waals surface area contributed by atoms with Crippen molar-refractivity contribution in [2.75, 3.05) is 24.9 Å². The van der Waals surface area contributed by atoms with Crippen molar-refractivity contribution in [3.8, 4) is 11.5 Å². The molecule has 1 aliphatic rings. The maximum Gasteiger partial charge on any atom is 0.257 e. The largest absolute Gasteiger partial charge is 0.493 e. The minimum atomic E-state index is -0.171. The molecule has 0 atom stereocenters. The Balaban J connectivity index is 1.89. The molecule has 0 radical (unpaired) electrons. The fourth-order valence-corrected chi connectivity index (χ4v) is 2.56. The Morgan fingerprint density at radius 3 is 2.61 bits per heavy atom. The Labute approximate surface area is 138 Å². The topological polar surface area (TPSA) is 59.6 Å². The molecule has 2 aromatic rings. The van der Waals surface area contributed by atoms with Crippen LogP contribution in [0.4, 0.5) is 11.4 Å². The summed E-state index contributed by atoms with van der Waals surface area (Å²) in [6.07, 6.45) is 1.65. The second-order valence-corrected chi connectivity index (χ2v) is 5.35. The van der Waals surface area contributed by atoms with E-state index in [1.807, 2.05) is 6.07 Å². The zero-order valence-electron chi connectivity index (χ0n) is 12.6. The first-order chi connectivity index (χ1) is 11.1. The number of nitrogens with one attached hydrogen (secondary N) is 2. The van der Waals surface area contributed by atoms with Crippen LogP contribution in [0.3, 0.4) is 0 Å². The van der Waals surface area contributed by atoms with Crippen molar-refractivity contribution in [2.45, 2.75) is 0 Å². The van der Waals surface area contributed by atoms with E-state index in [0.717, 1.165) is 16.9 Å². The lowest BCUT2D eigenvalue weighted by atomic mass is 10.1. The molecule has 118 valence electrons. The second kappa shape index (κ2) is 6.22. The van der Waals surface area contributed by atoms with Gasteiger partial charge in [0.15, 0.2) is 11.5 Å². The van der Waals surface area contributed by atoms with E-state index < -0.39 is 0 Å². The van der Waals surface area contributed by atoms with Crippen LogP contribution in [0.15, 0.2) is 42.6 Å². The van der Waals surface area contributed by atoms with E-state index >= 15 is 0 Å². The van der Waals surface area contributed by atoms with Crippen molar-refractivity contribution in [3.63, 3.8) is 0 Å². The van der Waals surface area contributed by atoms with Crippen molar-refractivity contribution in [1.82, 2.24) is 0 Å². The van der Waals surface area contributed by atoms with Gasteiger partial charge in [0.05, 0.1) is 19.8 Å². The Bertz CT molecular complexity index is 802. The van der Waals surface area contributed by atoms with Crippen LogP contribution in [-0.4, -0.2) is 20.1 Å². The summed E-state index contributed by atoms with van der Waals surface area (Å²) in [6.45, 7) is 0. The summed E-state index contributed by atoms with van der Waals surface area (Å²) in [7, 11) is 3.15. The van der Waals surface area contributed by atoms with Gasteiger partial charge in [-0.15, -0.1) is 0 Å². The summed E-state index contributed by atoms with van der Waals surface area (Å²) in [5.41, 5.74) is 2.82.